The summed E-state index contributed by atoms with van der Waals surface area (Å²) in [5.74, 6) is 1.98. The van der Waals surface area contributed by atoms with Crippen molar-refractivity contribution < 1.29 is 0 Å². The maximum absolute atomic E-state index is 13.0. The summed E-state index contributed by atoms with van der Waals surface area (Å²) in [6, 6.07) is 23.4. The van der Waals surface area contributed by atoms with Gasteiger partial charge in [-0.3, -0.25) is 4.79 Å². The number of pyridine rings is 2. The van der Waals surface area contributed by atoms with Gasteiger partial charge in [-0.15, -0.1) is 0 Å². The minimum atomic E-state index is -0.0692. The number of aromatic nitrogens is 2. The van der Waals surface area contributed by atoms with Crippen LogP contribution in [-0.2, 0) is 7.05 Å². The van der Waals surface area contributed by atoms with Gasteiger partial charge in [0, 0.05) is 25.3 Å². The molecule has 2 aromatic carbocycles. The van der Waals surface area contributed by atoms with Crippen LogP contribution in [-0.4, -0.2) is 16.1 Å². The number of aryl methyl sites for hydroxylation is 1. The molecule has 0 saturated heterocycles. The summed E-state index contributed by atoms with van der Waals surface area (Å²) in [5.41, 5.74) is 9.03. The van der Waals surface area contributed by atoms with Crippen molar-refractivity contribution in [2.45, 2.75) is 50.4 Å². The highest BCUT2D eigenvalue weighted by molar-refractivity contribution is 5.91. The Labute approximate surface area is 217 Å². The van der Waals surface area contributed by atoms with Gasteiger partial charge in [-0.1, -0.05) is 30.3 Å². The van der Waals surface area contributed by atoms with Crippen LogP contribution < -0.4 is 10.5 Å². The Morgan fingerprint density at radius 1 is 0.946 bits per heavy atom. The molecule has 0 atom stereocenters. The molecule has 4 aromatic rings. The molecule has 5 nitrogen and oxygen atoms in total. The molecule has 2 aromatic heterocycles. The normalized spacial score (nSPS) is 17.1. The Hall–Kier alpha value is -3.91. The maximum atomic E-state index is 13.0. The van der Waals surface area contributed by atoms with Gasteiger partial charge < -0.3 is 9.47 Å². The predicted molar refractivity (Wildman–Crippen MR) is 147 cm³/mol. The molecule has 184 valence electrons. The topological polar surface area (TPSA) is 61.9 Å². The van der Waals surface area contributed by atoms with E-state index in [0.717, 1.165) is 29.4 Å². The average molecular weight is 487 g/mol. The van der Waals surface area contributed by atoms with E-state index in [0.29, 0.717) is 23.0 Å². The number of benzene rings is 2. The zero-order valence-corrected chi connectivity index (χ0v) is 21.2. The maximum Gasteiger partial charge on any atom is 0.252 e. The van der Waals surface area contributed by atoms with E-state index in [1.54, 1.807) is 23.7 Å². The van der Waals surface area contributed by atoms with Crippen molar-refractivity contribution in [3.05, 3.63) is 87.8 Å². The second kappa shape index (κ2) is 8.59. The number of hydrogen-bond donors (Lipinski definition) is 0. The molecule has 0 radical (unpaired) electrons. The lowest BCUT2D eigenvalue weighted by molar-refractivity contribution is 0.810. The predicted octanol–water partition coefficient (Wildman–Crippen LogP) is 6.78. The van der Waals surface area contributed by atoms with Crippen LogP contribution in [0.3, 0.4) is 0 Å². The summed E-state index contributed by atoms with van der Waals surface area (Å²) in [6.07, 6.45) is 7.52. The van der Waals surface area contributed by atoms with Gasteiger partial charge in [0.1, 0.15) is 17.3 Å². The van der Waals surface area contributed by atoms with Gasteiger partial charge in [0.05, 0.1) is 11.2 Å². The standard InChI is InChI=1S/C32H30N4O/c1-35-29-15-12-25(18-33)34-32(29)30(17-31(35)37)36(19-20-2-3-20)26-13-14-27(23-10-11-23)28(16-26)24-8-6-22(7-9-24)21-4-5-21/h6-9,12-17,20-21,23H,2-5,10-11,19H2,1H3. The first-order chi connectivity index (χ1) is 18.1. The summed E-state index contributed by atoms with van der Waals surface area (Å²) >= 11 is 0. The van der Waals surface area contributed by atoms with Gasteiger partial charge >= 0.3 is 0 Å². The van der Waals surface area contributed by atoms with Crippen LogP contribution in [0.15, 0.2) is 65.5 Å². The molecule has 0 bridgehead atoms. The van der Waals surface area contributed by atoms with Crippen molar-refractivity contribution >= 4 is 22.4 Å². The van der Waals surface area contributed by atoms with E-state index < -0.39 is 0 Å². The highest BCUT2D eigenvalue weighted by Crippen LogP contribution is 2.47. The Balaban J connectivity index is 1.39. The molecule has 3 aliphatic rings. The number of nitriles is 1. The summed E-state index contributed by atoms with van der Waals surface area (Å²) < 4.78 is 1.62. The number of nitrogens with zero attached hydrogens (tertiary/aromatic N) is 4. The summed E-state index contributed by atoms with van der Waals surface area (Å²) in [5, 5.41) is 9.54. The summed E-state index contributed by atoms with van der Waals surface area (Å²) in [6.45, 7) is 0.837. The Morgan fingerprint density at radius 3 is 2.38 bits per heavy atom. The molecule has 5 heteroatoms. The monoisotopic (exact) mass is 486 g/mol. The van der Waals surface area contributed by atoms with Crippen LogP contribution in [0.5, 0.6) is 0 Å². The lowest BCUT2D eigenvalue weighted by Crippen LogP contribution is -2.25. The molecule has 0 unspecified atom stereocenters. The van der Waals surface area contributed by atoms with E-state index in [1.807, 2.05) is 6.07 Å². The van der Waals surface area contributed by atoms with Crippen molar-refractivity contribution in [3.63, 3.8) is 0 Å². The number of anilines is 2. The lowest BCUT2D eigenvalue weighted by Gasteiger charge is -2.27. The van der Waals surface area contributed by atoms with E-state index in [9.17, 15) is 10.1 Å². The Kier molecular flexibility index (Phi) is 5.18. The quantitative estimate of drug-likeness (QED) is 0.289. The molecule has 3 saturated carbocycles. The molecular formula is C32H30N4O. The van der Waals surface area contributed by atoms with Crippen LogP contribution in [0.4, 0.5) is 11.4 Å². The minimum absolute atomic E-state index is 0.0692. The average Bonchev–Trinajstić information content (AvgIpc) is 3.78. The highest BCUT2D eigenvalue weighted by atomic mass is 16.1. The Bertz CT molecular complexity index is 1620. The van der Waals surface area contributed by atoms with E-state index in [-0.39, 0.29) is 5.56 Å². The number of rotatable bonds is 7. The molecule has 7 rings (SSSR count). The molecule has 2 heterocycles. The second-order valence-corrected chi connectivity index (χ2v) is 11.1. The van der Waals surface area contributed by atoms with Crippen molar-refractivity contribution in [1.29, 1.82) is 5.26 Å². The molecule has 3 fully saturated rings. The summed E-state index contributed by atoms with van der Waals surface area (Å²) in [7, 11) is 1.77. The SMILES string of the molecule is Cn1c(=O)cc(N(CC2CC2)c2ccc(C3CC3)c(-c3ccc(C4CC4)cc3)c2)c2nc(C#N)ccc21. The van der Waals surface area contributed by atoms with Crippen molar-refractivity contribution in [2.24, 2.45) is 13.0 Å². The van der Waals surface area contributed by atoms with Crippen LogP contribution in [0.2, 0.25) is 0 Å². The third kappa shape index (κ3) is 4.21. The van der Waals surface area contributed by atoms with Gasteiger partial charge in [-0.2, -0.15) is 5.26 Å². The van der Waals surface area contributed by atoms with Crippen molar-refractivity contribution in [1.82, 2.24) is 9.55 Å². The van der Waals surface area contributed by atoms with Gasteiger partial charge in [-0.05, 0) is 103 Å². The molecule has 0 aliphatic heterocycles. The third-order valence-corrected chi connectivity index (χ3v) is 8.25. The van der Waals surface area contributed by atoms with E-state index in [4.69, 9.17) is 0 Å². The van der Waals surface area contributed by atoms with Gasteiger partial charge in [0.25, 0.3) is 5.56 Å². The van der Waals surface area contributed by atoms with E-state index in [2.05, 4.69) is 58.4 Å². The first-order valence-electron chi connectivity index (χ1n) is 13.5. The fourth-order valence-electron chi connectivity index (χ4n) is 5.55. The first kappa shape index (κ1) is 22.3. The van der Waals surface area contributed by atoms with Crippen LogP contribution >= 0.6 is 0 Å². The molecule has 0 N–H and O–H groups in total. The largest absolute Gasteiger partial charge is 0.339 e. The second-order valence-electron chi connectivity index (χ2n) is 11.1. The van der Waals surface area contributed by atoms with Gasteiger partial charge in [0.15, 0.2) is 0 Å². The lowest BCUT2D eigenvalue weighted by atomic mass is 9.94. The molecular weight excluding hydrogens is 456 g/mol. The third-order valence-electron chi connectivity index (χ3n) is 8.25. The zero-order valence-electron chi connectivity index (χ0n) is 21.2. The van der Waals surface area contributed by atoms with Crippen molar-refractivity contribution in [2.75, 3.05) is 11.4 Å². The number of hydrogen-bond acceptors (Lipinski definition) is 4. The molecule has 37 heavy (non-hydrogen) atoms. The number of fused-ring (bicyclic) bond motifs is 1. The molecule has 0 amide bonds. The first-order valence-corrected chi connectivity index (χ1v) is 13.5. The van der Waals surface area contributed by atoms with Gasteiger partial charge in [-0.25, -0.2) is 4.98 Å². The fraction of sp³-hybridized carbons (Fsp3) is 0.344. The van der Waals surface area contributed by atoms with E-state index >= 15 is 0 Å². The smallest absolute Gasteiger partial charge is 0.252 e. The van der Waals surface area contributed by atoms with Crippen LogP contribution in [0, 0.1) is 17.2 Å². The summed E-state index contributed by atoms with van der Waals surface area (Å²) in [4.78, 5) is 20.0. The van der Waals surface area contributed by atoms with Crippen LogP contribution in [0.25, 0.3) is 22.2 Å². The van der Waals surface area contributed by atoms with Crippen molar-refractivity contribution in [3.8, 4) is 17.2 Å². The molecule has 3 aliphatic carbocycles. The van der Waals surface area contributed by atoms with Gasteiger partial charge in [0.2, 0.25) is 0 Å². The molecule has 0 spiro atoms. The zero-order chi connectivity index (χ0) is 25.1. The fourth-order valence-corrected chi connectivity index (χ4v) is 5.55. The van der Waals surface area contributed by atoms with Crippen LogP contribution in [0.1, 0.15) is 67.2 Å². The van der Waals surface area contributed by atoms with E-state index in [1.165, 1.54) is 60.8 Å². The minimum Gasteiger partial charge on any atom is -0.339 e. The Morgan fingerprint density at radius 2 is 1.70 bits per heavy atom. The highest BCUT2D eigenvalue weighted by Gasteiger charge is 2.30.